The van der Waals surface area contributed by atoms with Crippen molar-refractivity contribution in [3.05, 3.63) is 0 Å². The highest BCUT2D eigenvalue weighted by molar-refractivity contribution is 4.99. The molecule has 2 aliphatic heterocycles. The fourth-order valence-electron chi connectivity index (χ4n) is 6.06. The van der Waals surface area contributed by atoms with E-state index in [9.17, 15) is 30.6 Å². The summed E-state index contributed by atoms with van der Waals surface area (Å²) in [5.41, 5.74) is 0. The van der Waals surface area contributed by atoms with E-state index in [1.165, 1.54) is 14.2 Å². The molecule has 0 radical (unpaired) electrons. The highest BCUT2D eigenvalue weighted by Crippen LogP contribution is 2.42. The largest absolute Gasteiger partial charge is 0.427 e. The maximum atomic E-state index is 10.6. The fraction of sp³-hybridized carbons (Fsp3) is 1.00. The van der Waals surface area contributed by atoms with Gasteiger partial charge < -0.3 is 54.3 Å². The first-order chi connectivity index (χ1) is 15.7. The number of aliphatic hydroxyl groups excluding tert-OH is 6. The molecule has 11 heteroatoms. The molecule has 192 valence electrons. The quantitative estimate of drug-likeness (QED) is 0.230. The number of ether oxygens (including phenoxy) is 5. The topological polar surface area (TPSA) is 171 Å². The molecule has 2 saturated heterocycles. The van der Waals surface area contributed by atoms with Crippen LogP contribution in [0.4, 0.5) is 0 Å². The summed E-state index contributed by atoms with van der Waals surface area (Å²) in [7, 11) is 3.08. The first-order valence-corrected chi connectivity index (χ1v) is 11.8. The van der Waals surface area contributed by atoms with Crippen LogP contribution in [0, 0.1) is 11.8 Å². The normalized spacial score (nSPS) is 53.5. The molecule has 2 heterocycles. The fourth-order valence-corrected chi connectivity index (χ4v) is 6.06. The van der Waals surface area contributed by atoms with E-state index in [-0.39, 0.29) is 37.1 Å². The molecule has 0 bridgehead atoms. The average Bonchev–Trinajstić information content (AvgIpc) is 2.79. The van der Waals surface area contributed by atoms with E-state index >= 15 is 0 Å². The molecule has 7 N–H and O–H groups in total. The maximum Gasteiger partial charge on any atom is 0.186 e. The zero-order valence-electron chi connectivity index (χ0n) is 19.1. The summed E-state index contributed by atoms with van der Waals surface area (Å²) in [6.07, 6.45) is -7.19. The molecule has 11 nitrogen and oxygen atoms in total. The Hall–Kier alpha value is -0.440. The minimum absolute atomic E-state index is 0.0818. The number of hydrogen-bond donors (Lipinski definition) is 6. The summed E-state index contributed by atoms with van der Waals surface area (Å²) in [6.45, 7) is -0.175. The van der Waals surface area contributed by atoms with Crippen LogP contribution in [0.15, 0.2) is 0 Å². The van der Waals surface area contributed by atoms with Crippen LogP contribution < -0.4 is 0 Å². The number of methoxy groups -OCH3 is 2. The van der Waals surface area contributed by atoms with Crippen molar-refractivity contribution in [2.75, 3.05) is 20.8 Å². The Morgan fingerprint density at radius 3 is 2.03 bits per heavy atom. The van der Waals surface area contributed by atoms with E-state index < -0.39 is 61.2 Å². The average molecular weight is 480 g/mol. The predicted octanol–water partition coefficient (Wildman–Crippen LogP) is -2.59. The predicted molar refractivity (Wildman–Crippen MR) is 112 cm³/mol. The number of fused-ring (bicyclic) bond motifs is 1. The van der Waals surface area contributed by atoms with Gasteiger partial charge in [0.1, 0.15) is 30.5 Å². The van der Waals surface area contributed by atoms with Gasteiger partial charge >= 0.3 is 0 Å². The molecule has 12 atom stereocenters. The van der Waals surface area contributed by atoms with Crippen molar-refractivity contribution >= 4 is 0 Å². The van der Waals surface area contributed by atoms with Gasteiger partial charge in [-0.05, 0) is 19.3 Å². The molecule has 2 aliphatic carbocycles. The highest BCUT2D eigenvalue weighted by Gasteiger charge is 2.55. The zero-order chi connectivity index (χ0) is 23.9. The third-order valence-corrected chi connectivity index (χ3v) is 7.95. The Labute approximate surface area is 193 Å². The van der Waals surface area contributed by atoms with Crippen molar-refractivity contribution < 1.29 is 54.3 Å². The van der Waals surface area contributed by atoms with Crippen LogP contribution in [0.1, 0.15) is 32.1 Å². The van der Waals surface area contributed by atoms with E-state index in [0.29, 0.717) is 25.7 Å². The molecule has 0 aromatic carbocycles. The lowest BCUT2D eigenvalue weighted by Gasteiger charge is -2.48. The first kappa shape index (κ1) is 25.6. The van der Waals surface area contributed by atoms with Gasteiger partial charge in [-0.1, -0.05) is 0 Å². The molecule has 8 unspecified atom stereocenters. The lowest BCUT2D eigenvalue weighted by atomic mass is 9.72. The summed E-state index contributed by atoms with van der Waals surface area (Å²) in [4.78, 5) is 0. The zero-order valence-corrected chi connectivity index (χ0v) is 19.1. The second kappa shape index (κ2) is 10.7. The van der Waals surface area contributed by atoms with Gasteiger partial charge in [0, 0.05) is 33.0 Å². The molecule has 2 saturated carbocycles. The van der Waals surface area contributed by atoms with Crippen LogP contribution in [0.3, 0.4) is 0 Å². The van der Waals surface area contributed by atoms with Crippen LogP contribution in [0.2, 0.25) is 0 Å². The molecule has 0 aromatic rings. The van der Waals surface area contributed by atoms with E-state index in [1.54, 1.807) is 0 Å². The van der Waals surface area contributed by atoms with Gasteiger partial charge in [0.25, 0.3) is 0 Å². The Balaban J connectivity index is 1.56. The van der Waals surface area contributed by atoms with Gasteiger partial charge in [0.15, 0.2) is 18.5 Å². The monoisotopic (exact) mass is 479 g/mol. The van der Waals surface area contributed by atoms with Crippen LogP contribution in [0.5, 0.6) is 0 Å². The number of hydrogen-bond acceptors (Lipinski definition) is 10. The maximum absolute atomic E-state index is 10.6. The van der Waals surface area contributed by atoms with Crippen LogP contribution >= 0.6 is 0 Å². The molecular weight excluding hydrogens is 440 g/mol. The number of rotatable bonds is 5. The molecule has 0 spiro atoms. The van der Waals surface area contributed by atoms with Crippen molar-refractivity contribution in [3.63, 3.8) is 0 Å². The lowest BCUT2D eigenvalue weighted by Crippen LogP contribution is -2.62. The summed E-state index contributed by atoms with van der Waals surface area (Å²) in [5, 5.41) is 61.6. The van der Waals surface area contributed by atoms with Crippen LogP contribution in [0.25, 0.3) is 0 Å². The second-order valence-electron chi connectivity index (χ2n) is 9.99. The van der Waals surface area contributed by atoms with Crippen LogP contribution in [-0.4, -0.2) is 130 Å². The van der Waals surface area contributed by atoms with Crippen molar-refractivity contribution in [3.8, 4) is 0 Å². The standard InChI is InChI=1S/C22H38O11/c1-29-15-3-9(4-16(30-2)19(15)27)21-17(33-22-20(28)18(26)13(25)8-31-22)7-11-12(24)5-10(23)6-14(11)32-21/h9-28H,3-8H2,1-2H3/p+1/t9?,10?,11?,12?,13-,14?,15?,16?,17?,18+,19?,20+,21?,22-/m0/s1. The van der Waals surface area contributed by atoms with Gasteiger partial charge in [-0.3, -0.25) is 0 Å². The second-order valence-corrected chi connectivity index (χ2v) is 9.99. The third-order valence-electron chi connectivity index (χ3n) is 7.95. The van der Waals surface area contributed by atoms with E-state index in [1.807, 2.05) is 0 Å². The van der Waals surface area contributed by atoms with Crippen molar-refractivity contribution in [2.45, 2.75) is 106 Å². The van der Waals surface area contributed by atoms with Crippen molar-refractivity contribution in [2.24, 2.45) is 11.8 Å². The SMILES string of the molecule is COC1CC(C2[OH+]C3CC(O)CC(O)C3CC2O[C@@H]2OC[C@H](O)[C@@H](O)[C@H]2O)CC(OC)C1O. The molecule has 0 aromatic heterocycles. The van der Waals surface area contributed by atoms with Gasteiger partial charge in [-0.15, -0.1) is 0 Å². The number of aliphatic hydroxyl groups is 8. The highest BCUT2D eigenvalue weighted by atomic mass is 16.7. The van der Waals surface area contributed by atoms with Crippen molar-refractivity contribution in [1.29, 1.82) is 0 Å². The smallest absolute Gasteiger partial charge is 0.186 e. The molecule has 4 rings (SSSR count). The van der Waals surface area contributed by atoms with Gasteiger partial charge in [-0.2, -0.15) is 0 Å². The first-order valence-electron chi connectivity index (χ1n) is 11.8. The van der Waals surface area contributed by atoms with Gasteiger partial charge in [0.2, 0.25) is 0 Å². The van der Waals surface area contributed by atoms with E-state index in [2.05, 4.69) is 0 Å². The Bertz CT molecular complexity index is 623. The lowest BCUT2D eigenvalue weighted by molar-refractivity contribution is -0.346. The summed E-state index contributed by atoms with van der Waals surface area (Å²) in [5.74, 6) is -0.293. The third kappa shape index (κ3) is 5.24. The molecule has 0 amide bonds. The summed E-state index contributed by atoms with van der Waals surface area (Å²) < 4.78 is 27.7. The Morgan fingerprint density at radius 2 is 1.39 bits per heavy atom. The molecule has 33 heavy (non-hydrogen) atoms. The van der Waals surface area contributed by atoms with Gasteiger partial charge in [0.05, 0.1) is 36.9 Å². The summed E-state index contributed by atoms with van der Waals surface area (Å²) >= 11 is 0. The minimum Gasteiger partial charge on any atom is -0.427 e. The molecule has 4 fully saturated rings. The summed E-state index contributed by atoms with van der Waals surface area (Å²) in [6, 6.07) is 0. The van der Waals surface area contributed by atoms with E-state index in [0.717, 1.165) is 0 Å². The van der Waals surface area contributed by atoms with E-state index in [4.69, 9.17) is 23.7 Å². The minimum atomic E-state index is -1.43. The Morgan fingerprint density at radius 1 is 0.727 bits per heavy atom. The Kier molecular flexibility index (Phi) is 8.29. The van der Waals surface area contributed by atoms with Crippen molar-refractivity contribution in [1.82, 2.24) is 0 Å². The molecule has 4 aliphatic rings. The molecular formula is C22H39O11+. The van der Waals surface area contributed by atoms with Gasteiger partial charge in [-0.25, -0.2) is 0 Å². The van der Waals surface area contributed by atoms with Crippen LogP contribution in [-0.2, 0) is 18.9 Å².